The Kier molecular flexibility index (Phi) is 6.53. The Labute approximate surface area is 231 Å². The summed E-state index contributed by atoms with van der Waals surface area (Å²) in [6, 6.07) is 30.5. The monoisotopic (exact) mass is 534 g/mol. The highest BCUT2D eigenvalue weighted by atomic mass is 16.5. The Hall–Kier alpha value is -5.31. The van der Waals surface area contributed by atoms with Gasteiger partial charge in [-0.15, -0.1) is 0 Å². The number of hydrogen-bond acceptors (Lipinski definition) is 4. The van der Waals surface area contributed by atoms with Crippen molar-refractivity contribution in [1.29, 1.82) is 0 Å². The number of carbonyl (C=O) groups excluding carboxylic acids is 2. The molecule has 0 bridgehead atoms. The molecule has 4 aromatic rings. The second-order valence-corrected chi connectivity index (χ2v) is 9.44. The highest BCUT2D eigenvalue weighted by Crippen LogP contribution is 2.47. The van der Waals surface area contributed by atoms with Crippen molar-refractivity contribution in [1.82, 2.24) is 9.80 Å². The fraction of sp³-hybridized carbons (Fsp3) is 0.129. The molecule has 9 nitrogen and oxygen atoms in total. The molecule has 0 saturated carbocycles. The average molecular weight is 535 g/mol. The van der Waals surface area contributed by atoms with Crippen molar-refractivity contribution in [2.45, 2.75) is 6.04 Å². The lowest BCUT2D eigenvalue weighted by Crippen LogP contribution is -2.62. The third-order valence-electron chi connectivity index (χ3n) is 7.03. The third kappa shape index (κ3) is 4.47. The van der Waals surface area contributed by atoms with E-state index in [0.29, 0.717) is 34.2 Å². The highest BCUT2D eigenvalue weighted by Gasteiger charge is 2.42. The molecule has 1 atom stereocenters. The van der Waals surface area contributed by atoms with E-state index >= 15 is 0 Å². The summed E-state index contributed by atoms with van der Waals surface area (Å²) in [5.74, 6) is -0.195. The van der Waals surface area contributed by atoms with Crippen LogP contribution in [0.4, 0.5) is 32.3 Å². The van der Waals surface area contributed by atoms with Gasteiger partial charge >= 0.3 is 18.0 Å². The number of benzene rings is 4. The number of aliphatic carboxylic acids is 1. The van der Waals surface area contributed by atoms with Gasteiger partial charge in [0.15, 0.2) is 11.5 Å². The van der Waals surface area contributed by atoms with E-state index in [1.54, 1.807) is 41.3 Å². The molecule has 2 aliphatic rings. The standard InChI is InChI=1S/C31H26N4O5/c36-29(37)26-21-32(30(38)34(22-11-3-1-4-12-22)23-13-5-2-6-14-23)19-20-33(26)31(39)35-24-15-7-9-17-27(24)40-28-18-10-8-16-25(28)35/h1-18,26H,19-21H2,(H,36,37)/t26-/m0/s1. The molecule has 0 spiro atoms. The molecule has 40 heavy (non-hydrogen) atoms. The summed E-state index contributed by atoms with van der Waals surface area (Å²) in [6.45, 7) is 0.0442. The second-order valence-electron chi connectivity index (χ2n) is 9.44. The summed E-state index contributed by atoms with van der Waals surface area (Å²) in [5.41, 5.74) is 2.36. The molecular formula is C31H26N4O5. The Bertz CT molecular complexity index is 1480. The van der Waals surface area contributed by atoms with Crippen molar-refractivity contribution in [2.75, 3.05) is 29.4 Å². The zero-order chi connectivity index (χ0) is 27.6. The Morgan fingerprint density at radius 2 is 1.20 bits per heavy atom. The van der Waals surface area contributed by atoms with Crippen molar-refractivity contribution in [2.24, 2.45) is 0 Å². The zero-order valence-electron chi connectivity index (χ0n) is 21.5. The zero-order valence-corrected chi connectivity index (χ0v) is 21.5. The van der Waals surface area contributed by atoms with E-state index in [1.165, 1.54) is 14.7 Å². The maximum Gasteiger partial charge on any atom is 0.330 e. The summed E-state index contributed by atoms with van der Waals surface area (Å²) in [7, 11) is 0. The number of urea groups is 2. The van der Waals surface area contributed by atoms with Crippen LogP contribution < -0.4 is 14.5 Å². The van der Waals surface area contributed by atoms with Crippen molar-refractivity contribution in [3.63, 3.8) is 0 Å². The summed E-state index contributed by atoms with van der Waals surface area (Å²) in [4.78, 5) is 46.4. The number of ether oxygens (including phenoxy) is 1. The molecule has 0 radical (unpaired) electrons. The van der Waals surface area contributed by atoms with Crippen molar-refractivity contribution in [3.8, 4) is 11.5 Å². The first-order valence-corrected chi connectivity index (χ1v) is 12.9. The molecule has 9 heteroatoms. The van der Waals surface area contributed by atoms with Crippen LogP contribution in [0.15, 0.2) is 109 Å². The lowest BCUT2D eigenvalue weighted by atomic mass is 10.1. The molecule has 1 N–H and O–H groups in total. The van der Waals surface area contributed by atoms with E-state index in [9.17, 15) is 19.5 Å². The van der Waals surface area contributed by atoms with E-state index in [-0.39, 0.29) is 25.7 Å². The fourth-order valence-electron chi connectivity index (χ4n) is 5.10. The first-order chi connectivity index (χ1) is 19.5. The number of nitrogens with zero attached hydrogens (tertiary/aromatic N) is 4. The molecule has 4 amide bonds. The largest absolute Gasteiger partial charge is 0.480 e. The Balaban J connectivity index is 1.30. The summed E-state index contributed by atoms with van der Waals surface area (Å²) < 4.78 is 5.99. The molecule has 200 valence electrons. The SMILES string of the molecule is O=C(O)[C@@H]1CN(C(=O)N(c2ccccc2)c2ccccc2)CCN1C(=O)N1c2ccccc2Oc2ccccc21. The van der Waals surface area contributed by atoms with Crippen LogP contribution in [0.5, 0.6) is 11.5 Å². The van der Waals surface area contributed by atoms with Gasteiger partial charge in [-0.2, -0.15) is 0 Å². The van der Waals surface area contributed by atoms with Crippen molar-refractivity contribution >= 4 is 40.8 Å². The van der Waals surface area contributed by atoms with Gasteiger partial charge in [0.1, 0.15) is 6.04 Å². The fourth-order valence-corrected chi connectivity index (χ4v) is 5.10. The molecule has 2 aliphatic heterocycles. The molecule has 4 aromatic carbocycles. The predicted molar refractivity (Wildman–Crippen MR) is 151 cm³/mol. The molecule has 2 heterocycles. The van der Waals surface area contributed by atoms with Gasteiger partial charge in [0.05, 0.1) is 29.3 Å². The smallest absolute Gasteiger partial charge is 0.330 e. The maximum absolute atomic E-state index is 14.1. The van der Waals surface area contributed by atoms with E-state index < -0.39 is 18.0 Å². The number of piperazine rings is 1. The van der Waals surface area contributed by atoms with Gasteiger partial charge in [0.25, 0.3) is 0 Å². The van der Waals surface area contributed by atoms with Crippen LogP contribution in [0.1, 0.15) is 0 Å². The molecule has 0 aliphatic carbocycles. The van der Waals surface area contributed by atoms with Crippen LogP contribution in [0.3, 0.4) is 0 Å². The molecule has 0 aromatic heterocycles. The number of carboxylic acid groups (broad SMARTS) is 1. The van der Waals surface area contributed by atoms with E-state index in [2.05, 4.69) is 0 Å². The van der Waals surface area contributed by atoms with E-state index in [1.807, 2.05) is 72.8 Å². The summed E-state index contributed by atoms with van der Waals surface area (Å²) in [6.07, 6.45) is 0. The van der Waals surface area contributed by atoms with E-state index in [4.69, 9.17) is 4.74 Å². The Morgan fingerprint density at radius 1 is 0.700 bits per heavy atom. The van der Waals surface area contributed by atoms with Crippen LogP contribution in [0.25, 0.3) is 0 Å². The minimum absolute atomic E-state index is 0.0423. The quantitative estimate of drug-likeness (QED) is 0.344. The van der Waals surface area contributed by atoms with Gasteiger partial charge < -0.3 is 19.6 Å². The lowest BCUT2D eigenvalue weighted by molar-refractivity contribution is -0.143. The first-order valence-electron chi connectivity index (χ1n) is 12.9. The molecule has 0 unspecified atom stereocenters. The number of fused-ring (bicyclic) bond motifs is 2. The number of para-hydroxylation sites is 6. The van der Waals surface area contributed by atoms with E-state index in [0.717, 1.165) is 0 Å². The van der Waals surface area contributed by atoms with Gasteiger partial charge in [0.2, 0.25) is 0 Å². The first kappa shape index (κ1) is 25.0. The van der Waals surface area contributed by atoms with Gasteiger partial charge in [-0.3, -0.25) is 9.80 Å². The van der Waals surface area contributed by atoms with Gasteiger partial charge in [0, 0.05) is 13.1 Å². The third-order valence-corrected chi connectivity index (χ3v) is 7.03. The summed E-state index contributed by atoms with van der Waals surface area (Å²) >= 11 is 0. The number of carbonyl (C=O) groups is 3. The van der Waals surface area contributed by atoms with Crippen LogP contribution in [-0.4, -0.2) is 58.6 Å². The maximum atomic E-state index is 14.1. The van der Waals surface area contributed by atoms with Crippen LogP contribution in [0, 0.1) is 0 Å². The second kappa shape index (κ2) is 10.5. The van der Waals surface area contributed by atoms with Crippen LogP contribution in [-0.2, 0) is 4.79 Å². The Morgan fingerprint density at radius 3 is 1.73 bits per heavy atom. The number of carboxylic acids is 1. The van der Waals surface area contributed by atoms with Crippen molar-refractivity contribution < 1.29 is 24.2 Å². The topological polar surface area (TPSA) is 93.6 Å². The normalized spacial score (nSPS) is 15.9. The lowest BCUT2D eigenvalue weighted by Gasteiger charge is -2.43. The number of anilines is 4. The minimum Gasteiger partial charge on any atom is -0.480 e. The van der Waals surface area contributed by atoms with Crippen LogP contribution in [0.2, 0.25) is 0 Å². The van der Waals surface area contributed by atoms with Crippen LogP contribution >= 0.6 is 0 Å². The number of amides is 4. The van der Waals surface area contributed by atoms with Gasteiger partial charge in [-0.05, 0) is 48.5 Å². The minimum atomic E-state index is -1.25. The average Bonchev–Trinajstić information content (AvgIpc) is 3.00. The molecular weight excluding hydrogens is 508 g/mol. The van der Waals surface area contributed by atoms with Crippen molar-refractivity contribution in [3.05, 3.63) is 109 Å². The molecule has 6 rings (SSSR count). The van der Waals surface area contributed by atoms with Gasteiger partial charge in [-0.25, -0.2) is 14.4 Å². The molecule has 1 saturated heterocycles. The highest BCUT2D eigenvalue weighted by molar-refractivity contribution is 6.05. The molecule has 1 fully saturated rings. The van der Waals surface area contributed by atoms with Gasteiger partial charge in [-0.1, -0.05) is 60.7 Å². The number of rotatable bonds is 3. The predicted octanol–water partition coefficient (Wildman–Crippen LogP) is 6.08. The number of hydrogen-bond donors (Lipinski definition) is 1. The summed E-state index contributed by atoms with van der Waals surface area (Å²) in [5, 5.41) is 10.2.